The number of rotatable bonds is 0. The maximum atomic E-state index is 13.1. The van der Waals surface area contributed by atoms with Gasteiger partial charge in [-0.15, -0.1) is 0 Å². The number of aromatic nitrogens is 2. The summed E-state index contributed by atoms with van der Waals surface area (Å²) in [6, 6.07) is 3.17. The molecule has 0 saturated carbocycles. The Morgan fingerprint density at radius 3 is 2.92 bits per heavy atom. The largest absolute Gasteiger partial charge is 0.249 e. The highest BCUT2D eigenvalue weighted by molar-refractivity contribution is 9.10. The van der Waals surface area contributed by atoms with Crippen molar-refractivity contribution in [3.8, 4) is 0 Å². The van der Waals surface area contributed by atoms with Crippen LogP contribution in [0.4, 0.5) is 4.39 Å². The third-order valence-electron chi connectivity index (χ3n) is 1.95. The number of aryl methyl sites for hydroxylation is 1. The van der Waals surface area contributed by atoms with Crippen LogP contribution in [0.3, 0.4) is 0 Å². The van der Waals surface area contributed by atoms with Gasteiger partial charge in [-0.1, -0.05) is 0 Å². The molecule has 0 aliphatic rings. The van der Waals surface area contributed by atoms with Crippen LogP contribution < -0.4 is 0 Å². The molecule has 13 heavy (non-hydrogen) atoms. The van der Waals surface area contributed by atoms with Gasteiger partial charge in [-0.3, -0.25) is 0 Å². The molecule has 1 heterocycles. The Morgan fingerprint density at radius 2 is 2.23 bits per heavy atom. The fourth-order valence-corrected chi connectivity index (χ4v) is 2.48. The Labute approximate surface area is 85.5 Å². The van der Waals surface area contributed by atoms with E-state index >= 15 is 0 Å². The average Bonchev–Trinajstić information content (AvgIpc) is 2.35. The predicted molar refractivity (Wildman–Crippen MR) is 57.2 cm³/mol. The van der Waals surface area contributed by atoms with Crippen molar-refractivity contribution in [2.75, 3.05) is 0 Å². The zero-order valence-electron chi connectivity index (χ0n) is 6.88. The van der Waals surface area contributed by atoms with Crippen LogP contribution in [0.25, 0.3) is 10.9 Å². The minimum absolute atomic E-state index is 0.267. The molecule has 0 N–H and O–H groups in total. The first-order valence-corrected chi connectivity index (χ1v) is 5.00. The van der Waals surface area contributed by atoms with Crippen LogP contribution in [-0.4, -0.2) is 9.55 Å². The standard InChI is InChI=1S/C8H7BrFN2P/c1-4-5-2-3-6(10)7(9)8(5)12(13)11-4/h2-3H,13H2,1H3. The number of hydrogen-bond donors (Lipinski definition) is 0. The van der Waals surface area contributed by atoms with Crippen molar-refractivity contribution in [3.63, 3.8) is 0 Å². The van der Waals surface area contributed by atoms with Crippen molar-refractivity contribution in [2.24, 2.45) is 0 Å². The number of halogens is 2. The number of fused-ring (bicyclic) bond motifs is 1. The third kappa shape index (κ3) is 1.29. The van der Waals surface area contributed by atoms with Crippen molar-refractivity contribution in [3.05, 3.63) is 28.1 Å². The Morgan fingerprint density at radius 1 is 1.54 bits per heavy atom. The van der Waals surface area contributed by atoms with Crippen LogP contribution in [0.2, 0.25) is 0 Å². The first-order chi connectivity index (χ1) is 6.11. The Balaban J connectivity index is 2.98. The van der Waals surface area contributed by atoms with Crippen molar-refractivity contribution in [2.45, 2.75) is 6.92 Å². The Bertz CT molecular complexity index is 480. The highest BCUT2D eigenvalue weighted by Crippen LogP contribution is 2.29. The normalized spacial score (nSPS) is 11.1. The van der Waals surface area contributed by atoms with E-state index in [-0.39, 0.29) is 5.82 Å². The lowest BCUT2D eigenvalue weighted by molar-refractivity contribution is 0.623. The van der Waals surface area contributed by atoms with E-state index < -0.39 is 0 Å². The minimum Gasteiger partial charge on any atom is -0.249 e. The van der Waals surface area contributed by atoms with Crippen molar-refractivity contribution < 1.29 is 4.39 Å². The van der Waals surface area contributed by atoms with E-state index in [2.05, 4.69) is 30.4 Å². The summed E-state index contributed by atoms with van der Waals surface area (Å²) in [6.07, 6.45) is 0. The quantitative estimate of drug-likeness (QED) is 0.667. The molecule has 0 bridgehead atoms. The summed E-state index contributed by atoms with van der Waals surface area (Å²) < 4.78 is 15.2. The van der Waals surface area contributed by atoms with Crippen LogP contribution in [-0.2, 0) is 0 Å². The van der Waals surface area contributed by atoms with Gasteiger partial charge in [0.15, 0.2) is 0 Å². The summed E-state index contributed by atoms with van der Waals surface area (Å²) in [5.74, 6) is -0.267. The first kappa shape index (κ1) is 9.10. The van der Waals surface area contributed by atoms with Gasteiger partial charge in [0.25, 0.3) is 0 Å². The van der Waals surface area contributed by atoms with Gasteiger partial charge in [-0.2, -0.15) is 5.10 Å². The summed E-state index contributed by atoms with van der Waals surface area (Å²) in [4.78, 5) is 0. The lowest BCUT2D eigenvalue weighted by Crippen LogP contribution is -1.84. The van der Waals surface area contributed by atoms with Gasteiger partial charge in [0.2, 0.25) is 0 Å². The lowest BCUT2D eigenvalue weighted by atomic mass is 10.2. The predicted octanol–water partition coefficient (Wildman–Crippen LogP) is 2.88. The average molecular weight is 261 g/mol. The molecule has 0 aliphatic heterocycles. The molecule has 0 amide bonds. The molecule has 1 atom stereocenters. The number of benzene rings is 1. The molecule has 0 saturated heterocycles. The second-order valence-corrected chi connectivity index (χ2v) is 4.07. The topological polar surface area (TPSA) is 17.8 Å². The van der Waals surface area contributed by atoms with Gasteiger partial charge in [0.1, 0.15) is 5.82 Å². The second kappa shape index (κ2) is 3.03. The summed E-state index contributed by atoms with van der Waals surface area (Å²) in [6.45, 7) is 1.90. The maximum Gasteiger partial charge on any atom is 0.139 e. The molecule has 2 aromatic rings. The van der Waals surface area contributed by atoms with Gasteiger partial charge in [-0.05, 0) is 44.4 Å². The fraction of sp³-hybridized carbons (Fsp3) is 0.125. The Hall–Kier alpha value is -0.470. The van der Waals surface area contributed by atoms with E-state index in [9.17, 15) is 4.39 Å². The first-order valence-electron chi connectivity index (χ1n) is 3.69. The Kier molecular flexibility index (Phi) is 2.12. The van der Waals surface area contributed by atoms with Crippen LogP contribution in [0.1, 0.15) is 5.69 Å². The molecule has 0 radical (unpaired) electrons. The fourth-order valence-electron chi connectivity index (χ4n) is 1.32. The van der Waals surface area contributed by atoms with E-state index in [0.29, 0.717) is 4.47 Å². The summed E-state index contributed by atoms with van der Waals surface area (Å²) in [5, 5.41) is 5.14. The van der Waals surface area contributed by atoms with Gasteiger partial charge >= 0.3 is 0 Å². The minimum atomic E-state index is -0.267. The zero-order valence-corrected chi connectivity index (χ0v) is 9.62. The van der Waals surface area contributed by atoms with Crippen molar-refractivity contribution in [1.29, 1.82) is 0 Å². The molecular formula is C8H7BrFN2P. The molecular weight excluding hydrogens is 254 g/mol. The highest BCUT2D eigenvalue weighted by atomic mass is 79.9. The SMILES string of the molecule is Cc1nn(P)c2c(Br)c(F)ccc12. The van der Waals surface area contributed by atoms with Gasteiger partial charge < -0.3 is 0 Å². The van der Waals surface area contributed by atoms with E-state index in [1.807, 2.05) is 6.92 Å². The summed E-state index contributed by atoms with van der Waals surface area (Å²) in [7, 11) is 2.43. The van der Waals surface area contributed by atoms with Crippen molar-refractivity contribution >= 4 is 36.2 Å². The van der Waals surface area contributed by atoms with Crippen LogP contribution in [0.15, 0.2) is 16.6 Å². The van der Waals surface area contributed by atoms with Crippen molar-refractivity contribution in [1.82, 2.24) is 9.55 Å². The molecule has 2 rings (SSSR count). The molecule has 5 heteroatoms. The van der Waals surface area contributed by atoms with Crippen LogP contribution in [0.5, 0.6) is 0 Å². The molecule has 68 valence electrons. The second-order valence-electron chi connectivity index (χ2n) is 2.79. The molecule has 0 aliphatic carbocycles. The molecule has 1 aromatic carbocycles. The van der Waals surface area contributed by atoms with E-state index in [1.54, 1.807) is 10.5 Å². The lowest BCUT2D eigenvalue weighted by Gasteiger charge is -1.98. The van der Waals surface area contributed by atoms with E-state index in [4.69, 9.17) is 0 Å². The van der Waals surface area contributed by atoms with Crippen LogP contribution >= 0.6 is 25.3 Å². The third-order valence-corrected chi connectivity index (χ3v) is 3.07. The number of nitrogens with zero attached hydrogens (tertiary/aromatic N) is 2. The summed E-state index contributed by atoms with van der Waals surface area (Å²) >= 11 is 3.20. The van der Waals surface area contributed by atoms with Crippen LogP contribution in [0, 0.1) is 12.7 Å². The summed E-state index contributed by atoms with van der Waals surface area (Å²) in [5.41, 5.74) is 1.66. The monoisotopic (exact) mass is 260 g/mol. The molecule has 2 nitrogen and oxygen atoms in total. The van der Waals surface area contributed by atoms with E-state index in [1.165, 1.54) is 6.07 Å². The highest BCUT2D eigenvalue weighted by Gasteiger charge is 2.11. The van der Waals surface area contributed by atoms with Gasteiger partial charge in [0.05, 0.1) is 15.7 Å². The zero-order chi connectivity index (χ0) is 9.59. The molecule has 0 fully saturated rings. The van der Waals surface area contributed by atoms with Gasteiger partial charge in [-0.25, -0.2) is 8.84 Å². The molecule has 1 aromatic heterocycles. The molecule has 1 unspecified atom stereocenters. The molecule has 0 spiro atoms. The number of hydrogen-bond acceptors (Lipinski definition) is 1. The van der Waals surface area contributed by atoms with E-state index in [0.717, 1.165) is 16.6 Å². The maximum absolute atomic E-state index is 13.1. The smallest absolute Gasteiger partial charge is 0.139 e. The van der Waals surface area contributed by atoms with Gasteiger partial charge in [0, 0.05) is 5.39 Å².